The Morgan fingerprint density at radius 2 is 2.40 bits per heavy atom. The lowest BCUT2D eigenvalue weighted by Gasteiger charge is -1.88. The zero-order chi connectivity index (χ0) is 7.56. The summed E-state index contributed by atoms with van der Waals surface area (Å²) in [6.07, 6.45) is 0. The fraction of sp³-hybridized carbons (Fsp3) is 0. The molecule has 0 aliphatic rings. The first-order chi connectivity index (χ1) is 4.70. The van der Waals surface area contributed by atoms with Crippen LogP contribution >= 0.6 is 22.6 Å². The molecule has 0 aliphatic carbocycles. The number of halogens is 1. The van der Waals surface area contributed by atoms with E-state index in [0.717, 1.165) is 3.57 Å². The van der Waals surface area contributed by atoms with Gasteiger partial charge in [-0.25, -0.2) is 0 Å². The molecule has 1 aromatic rings. The Hall–Kier alpha value is -0.650. The molecule has 1 rings (SSSR count). The van der Waals surface area contributed by atoms with E-state index in [2.05, 4.69) is 6.07 Å². The maximum absolute atomic E-state index is 10.1. The molecule has 0 saturated heterocycles. The fourth-order valence-corrected chi connectivity index (χ4v) is 1.04. The number of hydrogen-bond donors (Lipinski definition) is 0. The van der Waals surface area contributed by atoms with Crippen LogP contribution in [0.15, 0.2) is 18.2 Å². The van der Waals surface area contributed by atoms with Gasteiger partial charge in [-0.15, -0.1) is 0 Å². The average molecular weight is 248 g/mol. The standard InChI is InChI=1S/C6H3INO2/c7-5-2-1-3-6(4-5)8(9)10/h1,3-4H. The molecule has 3 nitrogen and oxygen atoms in total. The molecule has 0 bridgehead atoms. The smallest absolute Gasteiger partial charge is 0.258 e. The van der Waals surface area contributed by atoms with Gasteiger partial charge in [0.15, 0.2) is 0 Å². The van der Waals surface area contributed by atoms with Crippen molar-refractivity contribution in [3.8, 4) is 0 Å². The van der Waals surface area contributed by atoms with E-state index in [1.807, 2.05) is 22.6 Å². The van der Waals surface area contributed by atoms with Gasteiger partial charge in [-0.1, -0.05) is 0 Å². The first-order valence-electron chi connectivity index (χ1n) is 2.52. The van der Waals surface area contributed by atoms with Crippen LogP contribution in [0.1, 0.15) is 0 Å². The van der Waals surface area contributed by atoms with Crippen molar-refractivity contribution in [2.24, 2.45) is 0 Å². The lowest BCUT2D eigenvalue weighted by molar-refractivity contribution is -0.384. The Morgan fingerprint density at radius 3 is 2.80 bits per heavy atom. The molecule has 0 heterocycles. The van der Waals surface area contributed by atoms with E-state index in [9.17, 15) is 10.1 Å². The fourth-order valence-electron chi connectivity index (χ4n) is 0.540. The van der Waals surface area contributed by atoms with Gasteiger partial charge in [-0.3, -0.25) is 10.1 Å². The molecule has 0 fully saturated rings. The molecule has 1 aromatic carbocycles. The normalized spacial score (nSPS) is 9.30. The molecule has 51 valence electrons. The summed E-state index contributed by atoms with van der Waals surface area (Å²) < 4.78 is 0.756. The van der Waals surface area contributed by atoms with Crippen molar-refractivity contribution >= 4 is 28.3 Å². The molecule has 0 unspecified atom stereocenters. The summed E-state index contributed by atoms with van der Waals surface area (Å²) in [7, 11) is 0. The molecular weight excluding hydrogens is 245 g/mol. The van der Waals surface area contributed by atoms with E-state index in [1.165, 1.54) is 12.1 Å². The molecule has 4 heteroatoms. The second-order valence-corrected chi connectivity index (χ2v) is 2.81. The number of nitrogens with zero attached hydrogens (tertiary/aromatic N) is 1. The van der Waals surface area contributed by atoms with Gasteiger partial charge in [0.1, 0.15) is 0 Å². The molecular formula is C6H3INO2. The first-order valence-corrected chi connectivity index (χ1v) is 3.59. The van der Waals surface area contributed by atoms with Crippen molar-refractivity contribution in [1.82, 2.24) is 0 Å². The number of hydrogen-bond acceptors (Lipinski definition) is 2. The largest absolute Gasteiger partial charge is 0.270 e. The molecule has 0 saturated carbocycles. The van der Waals surface area contributed by atoms with Crippen LogP contribution in [0.5, 0.6) is 0 Å². The highest BCUT2D eigenvalue weighted by Gasteiger charge is 2.02. The molecule has 0 atom stereocenters. The van der Waals surface area contributed by atoms with E-state index in [0.29, 0.717) is 0 Å². The second kappa shape index (κ2) is 2.96. The maximum atomic E-state index is 10.1. The van der Waals surface area contributed by atoms with E-state index in [4.69, 9.17) is 0 Å². The number of non-ortho nitro benzene ring substituents is 1. The minimum atomic E-state index is -0.421. The van der Waals surface area contributed by atoms with Crippen molar-refractivity contribution in [1.29, 1.82) is 0 Å². The maximum Gasteiger partial charge on any atom is 0.270 e. The minimum Gasteiger partial charge on any atom is -0.258 e. The highest BCUT2D eigenvalue weighted by atomic mass is 127. The van der Waals surface area contributed by atoms with Gasteiger partial charge in [-0.2, -0.15) is 0 Å². The van der Waals surface area contributed by atoms with Crippen molar-refractivity contribution in [3.63, 3.8) is 0 Å². The van der Waals surface area contributed by atoms with E-state index < -0.39 is 4.92 Å². The summed E-state index contributed by atoms with van der Waals surface area (Å²) in [5.74, 6) is 0. The highest BCUT2D eigenvalue weighted by molar-refractivity contribution is 14.1. The molecule has 0 N–H and O–H groups in total. The molecule has 1 radical (unpaired) electrons. The number of nitro groups is 1. The summed E-state index contributed by atoms with van der Waals surface area (Å²) in [4.78, 5) is 9.72. The van der Waals surface area contributed by atoms with Crippen molar-refractivity contribution in [2.45, 2.75) is 0 Å². The number of nitro benzene ring substituents is 1. The lowest BCUT2D eigenvalue weighted by atomic mass is 10.3. The second-order valence-electron chi connectivity index (χ2n) is 1.65. The van der Waals surface area contributed by atoms with Crippen LogP contribution in [-0.2, 0) is 0 Å². The first kappa shape index (κ1) is 7.46. The van der Waals surface area contributed by atoms with E-state index in [1.54, 1.807) is 6.07 Å². The summed E-state index contributed by atoms with van der Waals surface area (Å²) in [6, 6.07) is 7.24. The molecule has 0 aromatic heterocycles. The molecule has 0 aliphatic heterocycles. The predicted octanol–water partition coefficient (Wildman–Crippen LogP) is 2.00. The number of benzene rings is 1. The van der Waals surface area contributed by atoms with Crippen molar-refractivity contribution < 1.29 is 4.92 Å². The third kappa shape index (κ3) is 1.66. The summed E-state index contributed by atoms with van der Waals surface area (Å²) >= 11 is 1.98. The van der Waals surface area contributed by atoms with Crippen LogP contribution in [-0.4, -0.2) is 4.92 Å². The Balaban J connectivity index is 3.07. The van der Waals surface area contributed by atoms with Crippen LogP contribution in [0, 0.1) is 19.8 Å². The van der Waals surface area contributed by atoms with Crippen LogP contribution in [0.25, 0.3) is 0 Å². The van der Waals surface area contributed by atoms with Gasteiger partial charge in [0.2, 0.25) is 0 Å². The Morgan fingerprint density at radius 1 is 1.70 bits per heavy atom. The van der Waals surface area contributed by atoms with Crippen LogP contribution in [0.4, 0.5) is 5.69 Å². The Labute approximate surface area is 71.3 Å². The molecule has 10 heavy (non-hydrogen) atoms. The van der Waals surface area contributed by atoms with E-state index in [-0.39, 0.29) is 5.69 Å². The van der Waals surface area contributed by atoms with Crippen molar-refractivity contribution in [2.75, 3.05) is 0 Å². The molecule has 0 amide bonds. The summed E-state index contributed by atoms with van der Waals surface area (Å²) in [6.45, 7) is 0. The monoisotopic (exact) mass is 248 g/mol. The van der Waals surface area contributed by atoms with Crippen LogP contribution in [0.2, 0.25) is 0 Å². The van der Waals surface area contributed by atoms with Gasteiger partial charge in [0.05, 0.1) is 4.92 Å². The highest BCUT2D eigenvalue weighted by Crippen LogP contribution is 2.13. The third-order valence-electron chi connectivity index (χ3n) is 0.961. The van der Waals surface area contributed by atoms with Crippen LogP contribution in [0.3, 0.4) is 0 Å². The number of rotatable bonds is 1. The van der Waals surface area contributed by atoms with Gasteiger partial charge >= 0.3 is 0 Å². The van der Waals surface area contributed by atoms with Gasteiger partial charge in [0.25, 0.3) is 5.69 Å². The van der Waals surface area contributed by atoms with Gasteiger partial charge in [0, 0.05) is 15.7 Å². The van der Waals surface area contributed by atoms with Gasteiger partial charge < -0.3 is 0 Å². The summed E-state index contributed by atoms with van der Waals surface area (Å²) in [5, 5.41) is 10.1. The minimum absolute atomic E-state index is 0.114. The Bertz CT molecular complexity index is 262. The van der Waals surface area contributed by atoms with E-state index >= 15 is 0 Å². The zero-order valence-corrected chi connectivity index (χ0v) is 7.03. The van der Waals surface area contributed by atoms with Gasteiger partial charge in [-0.05, 0) is 34.7 Å². The molecule has 0 spiro atoms. The zero-order valence-electron chi connectivity index (χ0n) is 4.87. The third-order valence-corrected chi connectivity index (χ3v) is 1.58. The Kier molecular flexibility index (Phi) is 2.21. The SMILES string of the molecule is O=[N+]([O-])c1cc[c]c(I)c1. The predicted molar refractivity (Wildman–Crippen MR) is 44.6 cm³/mol. The lowest BCUT2D eigenvalue weighted by Crippen LogP contribution is -1.86. The summed E-state index contributed by atoms with van der Waals surface area (Å²) in [5.41, 5.74) is 0.114. The quantitative estimate of drug-likeness (QED) is 0.433. The topological polar surface area (TPSA) is 43.1 Å². The van der Waals surface area contributed by atoms with Crippen LogP contribution < -0.4 is 0 Å². The average Bonchev–Trinajstić information content (AvgIpc) is 1.88. The van der Waals surface area contributed by atoms with Crippen molar-refractivity contribution in [3.05, 3.63) is 37.9 Å².